The van der Waals surface area contributed by atoms with Crippen LogP contribution in [-0.4, -0.2) is 50.6 Å². The normalized spacial score (nSPS) is 15.8. The van der Waals surface area contributed by atoms with Crippen LogP contribution in [-0.2, 0) is 4.79 Å². The summed E-state index contributed by atoms with van der Waals surface area (Å²) in [6.07, 6.45) is 7.42. The van der Waals surface area contributed by atoms with Crippen LogP contribution in [0.4, 0.5) is 4.39 Å². The molecule has 1 aliphatic rings. The van der Waals surface area contributed by atoms with E-state index in [1.54, 1.807) is 42.3 Å². The number of nitrogens with one attached hydrogen (secondary N) is 1. The summed E-state index contributed by atoms with van der Waals surface area (Å²) in [4.78, 5) is 30.8. The number of benzene rings is 1. The molecule has 162 valence electrons. The molecule has 4 rings (SSSR count). The van der Waals surface area contributed by atoms with E-state index in [2.05, 4.69) is 22.3 Å². The van der Waals surface area contributed by atoms with Crippen LogP contribution in [0.5, 0.6) is 0 Å². The van der Waals surface area contributed by atoms with Crippen LogP contribution in [0.3, 0.4) is 0 Å². The number of fused-ring (bicyclic) bond motifs is 1. The van der Waals surface area contributed by atoms with Gasteiger partial charge in [0.1, 0.15) is 5.82 Å². The lowest BCUT2D eigenvalue weighted by atomic mass is 9.87. The van der Waals surface area contributed by atoms with Gasteiger partial charge < -0.3 is 10.2 Å². The van der Waals surface area contributed by atoms with Crippen molar-refractivity contribution < 1.29 is 14.0 Å². The zero-order valence-electron chi connectivity index (χ0n) is 17.7. The fourth-order valence-electron chi connectivity index (χ4n) is 4.33. The molecule has 7 nitrogen and oxygen atoms in total. The van der Waals surface area contributed by atoms with Gasteiger partial charge in [0.05, 0.1) is 29.2 Å². The van der Waals surface area contributed by atoms with Crippen LogP contribution in [0.25, 0.3) is 16.6 Å². The van der Waals surface area contributed by atoms with E-state index in [1.807, 2.05) is 4.90 Å². The van der Waals surface area contributed by atoms with Crippen LogP contribution in [0, 0.1) is 11.7 Å². The molecule has 1 saturated heterocycles. The molecule has 1 atom stereocenters. The summed E-state index contributed by atoms with van der Waals surface area (Å²) in [5, 5.41) is 8.26. The van der Waals surface area contributed by atoms with E-state index in [1.165, 1.54) is 12.1 Å². The van der Waals surface area contributed by atoms with Gasteiger partial charge in [-0.2, -0.15) is 5.10 Å². The number of rotatable bonds is 5. The molecule has 3 aromatic rings. The van der Waals surface area contributed by atoms with Gasteiger partial charge in [-0.25, -0.2) is 9.07 Å². The quantitative estimate of drug-likeness (QED) is 0.683. The number of carbonyl (C=O) groups excluding carboxylic acids is 2. The van der Waals surface area contributed by atoms with Crippen molar-refractivity contribution in [3.63, 3.8) is 0 Å². The Morgan fingerprint density at radius 1 is 1.16 bits per heavy atom. The van der Waals surface area contributed by atoms with Crippen LogP contribution in [0.2, 0.25) is 0 Å². The standard InChI is InChI=1S/C23H26FN5O2/c1-3-21(16-8-10-28(11-9-16)15(2)30)27-23(31)20-12-25-14-22-19(20)13-26-29(22)18-6-4-17(24)5-7-18/h4-7,12-14,16,21H,3,8-11H2,1-2H3,(H,27,31). The number of aromatic nitrogens is 3. The molecule has 0 bridgehead atoms. The first kappa shape index (κ1) is 21.0. The second-order valence-corrected chi connectivity index (χ2v) is 7.98. The lowest BCUT2D eigenvalue weighted by molar-refractivity contribution is -0.130. The zero-order valence-corrected chi connectivity index (χ0v) is 17.7. The Labute approximate surface area is 180 Å². The smallest absolute Gasteiger partial charge is 0.253 e. The third-order valence-corrected chi connectivity index (χ3v) is 6.12. The molecule has 0 spiro atoms. The minimum absolute atomic E-state index is 0.0315. The summed E-state index contributed by atoms with van der Waals surface area (Å²) in [5.41, 5.74) is 1.84. The van der Waals surface area contributed by atoms with Crippen molar-refractivity contribution in [3.05, 3.63) is 54.2 Å². The second-order valence-electron chi connectivity index (χ2n) is 7.98. The second kappa shape index (κ2) is 8.83. The summed E-state index contributed by atoms with van der Waals surface area (Å²) in [6.45, 7) is 5.12. The van der Waals surface area contributed by atoms with Crippen LogP contribution in [0.1, 0.15) is 43.5 Å². The minimum atomic E-state index is -0.321. The molecule has 2 aromatic heterocycles. The number of carbonyl (C=O) groups is 2. The maximum Gasteiger partial charge on any atom is 0.253 e. The SMILES string of the molecule is CCC(NC(=O)c1cncc2c1cnn2-c1ccc(F)cc1)C1CCN(C(C)=O)CC1. The first-order chi connectivity index (χ1) is 15.0. The molecule has 8 heteroatoms. The highest BCUT2D eigenvalue weighted by Crippen LogP contribution is 2.25. The molecule has 3 heterocycles. The highest BCUT2D eigenvalue weighted by molar-refractivity contribution is 6.06. The molecular weight excluding hydrogens is 397 g/mol. The molecule has 31 heavy (non-hydrogen) atoms. The monoisotopic (exact) mass is 423 g/mol. The number of hydrogen-bond donors (Lipinski definition) is 1. The van der Waals surface area contributed by atoms with Crippen molar-refractivity contribution >= 4 is 22.7 Å². The predicted molar refractivity (Wildman–Crippen MR) is 115 cm³/mol. The molecule has 1 fully saturated rings. The molecule has 1 aliphatic heterocycles. The van der Waals surface area contributed by atoms with Gasteiger partial charge in [-0.1, -0.05) is 6.92 Å². The number of pyridine rings is 1. The fraction of sp³-hybridized carbons (Fsp3) is 0.391. The van der Waals surface area contributed by atoms with Gasteiger partial charge in [0.2, 0.25) is 5.91 Å². The number of halogens is 1. The average Bonchev–Trinajstić information content (AvgIpc) is 3.22. The topological polar surface area (TPSA) is 80.1 Å². The molecular formula is C23H26FN5O2. The van der Waals surface area contributed by atoms with Crippen LogP contribution < -0.4 is 5.32 Å². The maximum atomic E-state index is 13.3. The van der Waals surface area contributed by atoms with E-state index in [0.717, 1.165) is 32.4 Å². The predicted octanol–water partition coefficient (Wildman–Crippen LogP) is 3.33. The average molecular weight is 423 g/mol. The van der Waals surface area contributed by atoms with Crippen molar-refractivity contribution in [2.75, 3.05) is 13.1 Å². The van der Waals surface area contributed by atoms with E-state index in [0.29, 0.717) is 28.1 Å². The Hall–Kier alpha value is -3.29. The summed E-state index contributed by atoms with van der Waals surface area (Å²) in [6, 6.07) is 6.04. The molecule has 1 unspecified atom stereocenters. The van der Waals surface area contributed by atoms with Gasteiger partial charge in [-0.15, -0.1) is 0 Å². The molecule has 0 radical (unpaired) electrons. The van der Waals surface area contributed by atoms with E-state index < -0.39 is 0 Å². The highest BCUT2D eigenvalue weighted by atomic mass is 19.1. The Bertz CT molecular complexity index is 1090. The first-order valence-electron chi connectivity index (χ1n) is 10.6. The van der Waals surface area contributed by atoms with Gasteiger partial charge in [0, 0.05) is 37.6 Å². The molecule has 0 aliphatic carbocycles. The molecule has 2 amide bonds. The Kier molecular flexibility index (Phi) is 5.97. The fourth-order valence-corrected chi connectivity index (χ4v) is 4.33. The van der Waals surface area contributed by atoms with Crippen molar-refractivity contribution in [1.82, 2.24) is 25.0 Å². The number of hydrogen-bond acceptors (Lipinski definition) is 4. The maximum absolute atomic E-state index is 13.3. The van der Waals surface area contributed by atoms with Gasteiger partial charge in [0.15, 0.2) is 0 Å². The van der Waals surface area contributed by atoms with E-state index >= 15 is 0 Å². The first-order valence-corrected chi connectivity index (χ1v) is 10.6. The van der Waals surface area contributed by atoms with E-state index in [4.69, 9.17) is 0 Å². The zero-order chi connectivity index (χ0) is 22.0. The summed E-state index contributed by atoms with van der Waals surface area (Å²) < 4.78 is 14.9. The third kappa shape index (κ3) is 4.28. The summed E-state index contributed by atoms with van der Waals surface area (Å²) >= 11 is 0. The lowest BCUT2D eigenvalue weighted by Crippen LogP contribution is -2.46. The summed E-state index contributed by atoms with van der Waals surface area (Å²) in [7, 11) is 0. The lowest BCUT2D eigenvalue weighted by Gasteiger charge is -2.35. The third-order valence-electron chi connectivity index (χ3n) is 6.12. The number of nitrogens with zero attached hydrogens (tertiary/aromatic N) is 4. The molecule has 1 aromatic carbocycles. The number of likely N-dealkylation sites (tertiary alicyclic amines) is 1. The van der Waals surface area contributed by atoms with Crippen LogP contribution >= 0.6 is 0 Å². The van der Waals surface area contributed by atoms with Crippen molar-refractivity contribution in [2.24, 2.45) is 5.92 Å². The van der Waals surface area contributed by atoms with E-state index in [9.17, 15) is 14.0 Å². The summed E-state index contributed by atoms with van der Waals surface area (Å²) in [5.74, 6) is -0.0687. The minimum Gasteiger partial charge on any atom is -0.349 e. The van der Waals surface area contributed by atoms with Gasteiger partial charge in [-0.05, 0) is 49.4 Å². The molecule has 1 N–H and O–H groups in total. The Balaban J connectivity index is 1.54. The van der Waals surface area contributed by atoms with Crippen molar-refractivity contribution in [3.8, 4) is 5.69 Å². The number of amides is 2. The Morgan fingerprint density at radius 3 is 2.52 bits per heavy atom. The largest absolute Gasteiger partial charge is 0.349 e. The van der Waals surface area contributed by atoms with Crippen LogP contribution in [0.15, 0.2) is 42.9 Å². The van der Waals surface area contributed by atoms with Crippen molar-refractivity contribution in [2.45, 2.75) is 39.2 Å². The number of piperidine rings is 1. The van der Waals surface area contributed by atoms with Crippen molar-refractivity contribution in [1.29, 1.82) is 0 Å². The molecule has 0 saturated carbocycles. The highest BCUT2D eigenvalue weighted by Gasteiger charge is 2.28. The van der Waals surface area contributed by atoms with E-state index in [-0.39, 0.29) is 23.7 Å². The van der Waals surface area contributed by atoms with Gasteiger partial charge in [-0.3, -0.25) is 14.6 Å². The Morgan fingerprint density at radius 2 is 1.87 bits per heavy atom. The van der Waals surface area contributed by atoms with Gasteiger partial charge >= 0.3 is 0 Å². The van der Waals surface area contributed by atoms with Gasteiger partial charge in [0.25, 0.3) is 5.91 Å².